The molecule has 1 aromatic rings. The number of rotatable bonds is 3. The normalized spacial score (nSPS) is 11.0. The van der Waals surface area contributed by atoms with Crippen molar-refractivity contribution in [2.45, 2.75) is 40.7 Å². The largest absolute Gasteiger partial charge is 0.326 e. The van der Waals surface area contributed by atoms with E-state index in [4.69, 9.17) is 5.73 Å². The van der Waals surface area contributed by atoms with Crippen LogP contribution >= 0.6 is 0 Å². The highest BCUT2D eigenvalue weighted by Gasteiger charge is 2.04. The first kappa shape index (κ1) is 11.3. The smallest absolute Gasteiger partial charge is 0.0180 e. The highest BCUT2D eigenvalue weighted by molar-refractivity contribution is 5.37. The lowest BCUT2D eigenvalue weighted by Crippen LogP contribution is -2.03. The van der Waals surface area contributed by atoms with E-state index >= 15 is 0 Å². The molecule has 0 aliphatic heterocycles. The van der Waals surface area contributed by atoms with Crippen LogP contribution in [0.4, 0.5) is 0 Å². The maximum atomic E-state index is 5.72. The Morgan fingerprint density at radius 1 is 1.21 bits per heavy atom. The van der Waals surface area contributed by atoms with Gasteiger partial charge in [0.05, 0.1) is 0 Å². The predicted octanol–water partition coefficient (Wildman–Crippen LogP) is 2.96. The van der Waals surface area contributed by atoms with E-state index in [9.17, 15) is 0 Å². The van der Waals surface area contributed by atoms with E-state index in [1.165, 1.54) is 22.3 Å². The van der Waals surface area contributed by atoms with E-state index in [1.54, 1.807) is 0 Å². The maximum absolute atomic E-state index is 5.72. The van der Waals surface area contributed by atoms with E-state index in [1.807, 2.05) is 0 Å². The van der Waals surface area contributed by atoms with E-state index in [-0.39, 0.29) is 0 Å². The molecule has 0 atom stereocenters. The molecule has 1 aromatic carbocycles. The van der Waals surface area contributed by atoms with Crippen LogP contribution in [-0.2, 0) is 13.0 Å². The lowest BCUT2D eigenvalue weighted by Gasteiger charge is -2.12. The van der Waals surface area contributed by atoms with Crippen LogP contribution < -0.4 is 5.73 Å². The van der Waals surface area contributed by atoms with Crippen LogP contribution in [0, 0.1) is 19.8 Å². The van der Waals surface area contributed by atoms with Crippen LogP contribution in [0.2, 0.25) is 0 Å². The predicted molar refractivity (Wildman–Crippen MR) is 62.3 cm³/mol. The molecule has 0 aromatic heterocycles. The third kappa shape index (κ3) is 2.58. The first-order valence-corrected chi connectivity index (χ1v) is 5.33. The molecule has 0 amide bonds. The summed E-state index contributed by atoms with van der Waals surface area (Å²) in [5.41, 5.74) is 11.1. The van der Waals surface area contributed by atoms with Gasteiger partial charge in [-0.3, -0.25) is 0 Å². The Hall–Kier alpha value is -0.820. The van der Waals surface area contributed by atoms with Gasteiger partial charge in [-0.2, -0.15) is 0 Å². The van der Waals surface area contributed by atoms with Gasteiger partial charge in [0.15, 0.2) is 0 Å². The Labute approximate surface area is 87.3 Å². The van der Waals surface area contributed by atoms with Gasteiger partial charge in [-0.1, -0.05) is 26.0 Å². The van der Waals surface area contributed by atoms with Crippen LogP contribution in [0.3, 0.4) is 0 Å². The zero-order valence-electron chi connectivity index (χ0n) is 9.72. The Kier molecular flexibility index (Phi) is 3.70. The summed E-state index contributed by atoms with van der Waals surface area (Å²) < 4.78 is 0. The molecule has 0 spiro atoms. The molecule has 1 nitrogen and oxygen atoms in total. The van der Waals surface area contributed by atoms with Crippen molar-refractivity contribution < 1.29 is 0 Å². The van der Waals surface area contributed by atoms with Crippen molar-refractivity contribution in [1.29, 1.82) is 0 Å². The summed E-state index contributed by atoms with van der Waals surface area (Å²) in [4.78, 5) is 0. The van der Waals surface area contributed by atoms with Crippen molar-refractivity contribution in [2.75, 3.05) is 0 Å². The minimum absolute atomic E-state index is 0.651. The van der Waals surface area contributed by atoms with Crippen molar-refractivity contribution in [3.8, 4) is 0 Å². The van der Waals surface area contributed by atoms with Crippen molar-refractivity contribution >= 4 is 0 Å². The fraction of sp³-hybridized carbons (Fsp3) is 0.538. The van der Waals surface area contributed by atoms with Crippen LogP contribution in [0.5, 0.6) is 0 Å². The highest BCUT2D eigenvalue weighted by Crippen LogP contribution is 2.18. The topological polar surface area (TPSA) is 26.0 Å². The zero-order valence-corrected chi connectivity index (χ0v) is 9.72. The number of benzene rings is 1. The highest BCUT2D eigenvalue weighted by atomic mass is 14.5. The first-order valence-electron chi connectivity index (χ1n) is 5.33. The standard InChI is InChI=1S/C13H21N/c1-9(2)5-12-6-10(3)11(4)13(7-12)8-14/h6-7,9H,5,8,14H2,1-4H3. The fourth-order valence-corrected chi connectivity index (χ4v) is 1.81. The average molecular weight is 191 g/mol. The summed E-state index contributed by atoms with van der Waals surface area (Å²) in [6.07, 6.45) is 1.15. The second kappa shape index (κ2) is 4.61. The van der Waals surface area contributed by atoms with E-state index in [0.29, 0.717) is 12.5 Å². The monoisotopic (exact) mass is 191 g/mol. The molecule has 78 valence electrons. The summed E-state index contributed by atoms with van der Waals surface area (Å²) in [6.45, 7) is 9.46. The van der Waals surface area contributed by atoms with Gasteiger partial charge in [0, 0.05) is 6.54 Å². The summed E-state index contributed by atoms with van der Waals surface area (Å²) in [5.74, 6) is 0.711. The van der Waals surface area contributed by atoms with Crippen LogP contribution in [0.1, 0.15) is 36.1 Å². The molecule has 0 radical (unpaired) electrons. The zero-order chi connectivity index (χ0) is 10.7. The summed E-state index contributed by atoms with van der Waals surface area (Å²) in [6, 6.07) is 4.54. The molecule has 2 N–H and O–H groups in total. The molecule has 1 rings (SSSR count). The molecule has 0 saturated heterocycles. The van der Waals surface area contributed by atoms with Gasteiger partial charge in [-0.25, -0.2) is 0 Å². The fourth-order valence-electron chi connectivity index (χ4n) is 1.81. The SMILES string of the molecule is Cc1cc(CC(C)C)cc(CN)c1C. The lowest BCUT2D eigenvalue weighted by molar-refractivity contribution is 0.646. The summed E-state index contributed by atoms with van der Waals surface area (Å²) in [5, 5.41) is 0. The van der Waals surface area contributed by atoms with Gasteiger partial charge in [-0.15, -0.1) is 0 Å². The number of hydrogen-bond acceptors (Lipinski definition) is 1. The minimum atomic E-state index is 0.651. The number of nitrogens with two attached hydrogens (primary N) is 1. The summed E-state index contributed by atoms with van der Waals surface area (Å²) in [7, 11) is 0. The van der Waals surface area contributed by atoms with E-state index < -0.39 is 0 Å². The Morgan fingerprint density at radius 2 is 1.86 bits per heavy atom. The average Bonchev–Trinajstić information content (AvgIpc) is 2.10. The minimum Gasteiger partial charge on any atom is -0.326 e. The maximum Gasteiger partial charge on any atom is 0.0180 e. The molecule has 1 heteroatoms. The Bertz CT molecular complexity index is 313. The van der Waals surface area contributed by atoms with Gasteiger partial charge >= 0.3 is 0 Å². The van der Waals surface area contributed by atoms with Crippen LogP contribution in [-0.4, -0.2) is 0 Å². The Morgan fingerprint density at radius 3 is 2.36 bits per heavy atom. The van der Waals surface area contributed by atoms with Crippen molar-refractivity contribution in [2.24, 2.45) is 11.7 Å². The second-order valence-corrected chi connectivity index (χ2v) is 4.50. The third-order valence-corrected chi connectivity index (χ3v) is 2.70. The molecular weight excluding hydrogens is 170 g/mol. The molecule has 0 aliphatic carbocycles. The van der Waals surface area contributed by atoms with E-state index in [2.05, 4.69) is 39.8 Å². The number of aryl methyl sites for hydroxylation is 1. The molecule has 0 heterocycles. The van der Waals surface area contributed by atoms with Gasteiger partial charge in [0.1, 0.15) is 0 Å². The van der Waals surface area contributed by atoms with E-state index in [0.717, 1.165) is 6.42 Å². The van der Waals surface area contributed by atoms with Crippen LogP contribution in [0.15, 0.2) is 12.1 Å². The molecular formula is C13H21N. The molecule has 0 aliphatic rings. The third-order valence-electron chi connectivity index (χ3n) is 2.70. The molecule has 0 saturated carbocycles. The molecule has 0 unspecified atom stereocenters. The Balaban J connectivity index is 3.03. The molecule has 0 fully saturated rings. The quantitative estimate of drug-likeness (QED) is 0.781. The van der Waals surface area contributed by atoms with Crippen molar-refractivity contribution in [1.82, 2.24) is 0 Å². The second-order valence-electron chi connectivity index (χ2n) is 4.50. The van der Waals surface area contributed by atoms with Crippen molar-refractivity contribution in [3.63, 3.8) is 0 Å². The van der Waals surface area contributed by atoms with Crippen LogP contribution in [0.25, 0.3) is 0 Å². The van der Waals surface area contributed by atoms with Gasteiger partial charge in [0.2, 0.25) is 0 Å². The summed E-state index contributed by atoms with van der Waals surface area (Å²) >= 11 is 0. The molecule has 14 heavy (non-hydrogen) atoms. The first-order chi connectivity index (χ1) is 6.54. The molecule has 0 bridgehead atoms. The van der Waals surface area contributed by atoms with Crippen molar-refractivity contribution in [3.05, 3.63) is 34.4 Å². The number of hydrogen-bond donors (Lipinski definition) is 1. The van der Waals surface area contributed by atoms with Gasteiger partial charge in [-0.05, 0) is 48.4 Å². The lowest BCUT2D eigenvalue weighted by atomic mass is 9.95. The van der Waals surface area contributed by atoms with Gasteiger partial charge < -0.3 is 5.73 Å². The van der Waals surface area contributed by atoms with Gasteiger partial charge in [0.25, 0.3) is 0 Å².